The van der Waals surface area contributed by atoms with Crippen molar-refractivity contribution in [3.63, 3.8) is 0 Å². The summed E-state index contributed by atoms with van der Waals surface area (Å²) in [6.45, 7) is 11.0. The van der Waals surface area contributed by atoms with E-state index in [9.17, 15) is 4.79 Å². The van der Waals surface area contributed by atoms with Crippen molar-refractivity contribution < 1.29 is 4.79 Å². The number of fused-ring (bicyclic) bond motifs is 1. The number of benzene rings is 3. The van der Waals surface area contributed by atoms with Crippen LogP contribution in [0.3, 0.4) is 0 Å². The highest BCUT2D eigenvalue weighted by molar-refractivity contribution is 5.87. The van der Waals surface area contributed by atoms with E-state index in [1.165, 1.54) is 38.7 Å². The zero-order valence-corrected chi connectivity index (χ0v) is 21.6. The number of hydrogen-bond donors (Lipinski definition) is 0. The summed E-state index contributed by atoms with van der Waals surface area (Å²) in [6.07, 6.45) is 4.74. The minimum atomic E-state index is 0.0165. The number of hydrogen-bond acceptors (Lipinski definition) is 1. The second-order valence-corrected chi connectivity index (χ2v) is 9.77. The predicted octanol–water partition coefficient (Wildman–Crippen LogP) is 7.48. The summed E-state index contributed by atoms with van der Waals surface area (Å²) in [7, 11) is 0. The van der Waals surface area contributed by atoms with E-state index in [1.807, 2.05) is 4.90 Å². The molecular weight excluding hydrogens is 428 g/mol. The zero-order chi connectivity index (χ0) is 24.8. The topological polar surface area (TPSA) is 25.2 Å². The van der Waals surface area contributed by atoms with Crippen molar-refractivity contribution in [2.24, 2.45) is 0 Å². The van der Waals surface area contributed by atoms with Gasteiger partial charge in [0.1, 0.15) is 0 Å². The summed E-state index contributed by atoms with van der Waals surface area (Å²) < 4.78 is 2.35. The van der Waals surface area contributed by atoms with E-state index in [0.717, 1.165) is 32.5 Å². The molecule has 0 N–H and O–H groups in total. The molecule has 0 spiro atoms. The Labute approximate surface area is 210 Å². The molecule has 1 aromatic heterocycles. The molecule has 4 rings (SSSR count). The molecule has 1 atom stereocenters. The van der Waals surface area contributed by atoms with Gasteiger partial charge < -0.3 is 9.47 Å². The first-order valence-corrected chi connectivity index (χ1v) is 13.0. The average molecular weight is 467 g/mol. The van der Waals surface area contributed by atoms with Crippen molar-refractivity contribution in [2.75, 3.05) is 13.1 Å². The minimum absolute atomic E-state index is 0.0165. The van der Waals surface area contributed by atoms with Gasteiger partial charge in [0.2, 0.25) is 5.91 Å². The fraction of sp³-hybridized carbons (Fsp3) is 0.344. The molecule has 0 aliphatic carbocycles. The molecule has 3 heteroatoms. The number of rotatable bonds is 10. The summed E-state index contributed by atoms with van der Waals surface area (Å²) in [6, 6.07) is 26.0. The van der Waals surface area contributed by atoms with Crippen LogP contribution in [0.15, 0.2) is 79.0 Å². The van der Waals surface area contributed by atoms with Crippen molar-refractivity contribution in [3.8, 4) is 0 Å². The Kier molecular flexibility index (Phi) is 8.07. The summed E-state index contributed by atoms with van der Waals surface area (Å²) >= 11 is 0. The molecule has 0 unspecified atom stereocenters. The lowest BCUT2D eigenvalue weighted by molar-refractivity contribution is -0.131. The van der Waals surface area contributed by atoms with Gasteiger partial charge in [-0.25, -0.2) is 0 Å². The van der Waals surface area contributed by atoms with Crippen molar-refractivity contribution in [2.45, 2.75) is 59.4 Å². The number of amides is 1. The Morgan fingerprint density at radius 3 is 2.26 bits per heavy atom. The molecule has 4 aromatic rings. The van der Waals surface area contributed by atoms with Gasteiger partial charge in [-0.1, -0.05) is 91.7 Å². The summed E-state index contributed by atoms with van der Waals surface area (Å²) in [4.78, 5) is 15.6. The van der Waals surface area contributed by atoms with Crippen molar-refractivity contribution >= 4 is 16.8 Å². The maximum Gasteiger partial charge on any atom is 0.223 e. The molecule has 0 saturated heterocycles. The maximum absolute atomic E-state index is 13.6. The third-order valence-corrected chi connectivity index (χ3v) is 6.83. The number of aromatic nitrogens is 1. The highest BCUT2D eigenvalue weighted by Crippen LogP contribution is 2.36. The van der Waals surface area contributed by atoms with Crippen LogP contribution in [0.25, 0.3) is 10.9 Å². The number of carbonyl (C=O) groups excluding carboxylic acids is 1. The normalized spacial score (nSPS) is 12.1. The molecule has 182 valence electrons. The van der Waals surface area contributed by atoms with Crippen LogP contribution in [0.2, 0.25) is 0 Å². The van der Waals surface area contributed by atoms with Gasteiger partial charge in [-0.15, -0.1) is 0 Å². The second kappa shape index (κ2) is 11.4. The Bertz CT molecular complexity index is 1260. The van der Waals surface area contributed by atoms with E-state index < -0.39 is 0 Å². The predicted molar refractivity (Wildman–Crippen MR) is 147 cm³/mol. The van der Waals surface area contributed by atoms with Crippen molar-refractivity contribution in [3.05, 3.63) is 107 Å². The molecule has 0 aliphatic heterocycles. The lowest BCUT2D eigenvalue weighted by Crippen LogP contribution is -2.33. The lowest BCUT2D eigenvalue weighted by atomic mass is 9.87. The first-order valence-electron chi connectivity index (χ1n) is 13.0. The Morgan fingerprint density at radius 2 is 1.57 bits per heavy atom. The molecule has 0 saturated carbocycles. The van der Waals surface area contributed by atoms with E-state index >= 15 is 0 Å². The second-order valence-electron chi connectivity index (χ2n) is 9.77. The van der Waals surface area contributed by atoms with Gasteiger partial charge in [-0.2, -0.15) is 0 Å². The van der Waals surface area contributed by atoms with Gasteiger partial charge in [0.05, 0.1) is 0 Å². The molecule has 35 heavy (non-hydrogen) atoms. The fourth-order valence-corrected chi connectivity index (χ4v) is 5.07. The molecule has 0 aliphatic rings. The molecular formula is C32H38N2O. The van der Waals surface area contributed by atoms with Crippen LogP contribution in [-0.4, -0.2) is 28.5 Å². The van der Waals surface area contributed by atoms with Crippen LogP contribution in [-0.2, 0) is 11.3 Å². The monoisotopic (exact) mass is 466 g/mol. The molecule has 0 bridgehead atoms. The molecule has 1 amide bonds. The first-order chi connectivity index (χ1) is 17.0. The molecule has 0 radical (unpaired) electrons. The van der Waals surface area contributed by atoms with E-state index in [1.54, 1.807) is 0 Å². The number of nitrogens with zero attached hydrogens (tertiary/aromatic N) is 2. The van der Waals surface area contributed by atoms with E-state index in [-0.39, 0.29) is 11.8 Å². The van der Waals surface area contributed by atoms with Gasteiger partial charge in [0.15, 0.2) is 0 Å². The van der Waals surface area contributed by atoms with Gasteiger partial charge >= 0.3 is 0 Å². The van der Waals surface area contributed by atoms with Crippen LogP contribution in [0.5, 0.6) is 0 Å². The third-order valence-electron chi connectivity index (χ3n) is 6.83. The number of carbonyl (C=O) groups is 1. The van der Waals surface area contributed by atoms with Crippen molar-refractivity contribution in [1.29, 1.82) is 0 Å². The standard InChI is InChI=1S/C32H38N2O/c1-5-18-33(19-6-2)32(35)21-29(27-11-9-10-25(4)20-27)30-23-34(31-13-8-7-12-28(30)31)22-26-16-14-24(3)15-17-26/h7-17,20,23,29H,5-6,18-19,21-22H2,1-4H3/t29-/m0/s1. The van der Waals surface area contributed by atoms with Crippen molar-refractivity contribution in [1.82, 2.24) is 9.47 Å². The van der Waals surface area contributed by atoms with E-state index in [4.69, 9.17) is 0 Å². The van der Waals surface area contributed by atoms with Gasteiger partial charge in [-0.3, -0.25) is 4.79 Å². The van der Waals surface area contributed by atoms with Gasteiger partial charge in [-0.05, 0) is 49.4 Å². The smallest absolute Gasteiger partial charge is 0.223 e. The van der Waals surface area contributed by atoms with Crippen LogP contribution in [0.1, 0.15) is 66.8 Å². The third kappa shape index (κ3) is 5.85. The summed E-state index contributed by atoms with van der Waals surface area (Å²) in [5.74, 6) is 0.262. The largest absolute Gasteiger partial charge is 0.343 e. The van der Waals surface area contributed by atoms with Gasteiger partial charge in [0.25, 0.3) is 0 Å². The van der Waals surface area contributed by atoms with Crippen LogP contribution in [0, 0.1) is 13.8 Å². The zero-order valence-electron chi connectivity index (χ0n) is 21.6. The highest BCUT2D eigenvalue weighted by atomic mass is 16.2. The Hall–Kier alpha value is -3.33. The Balaban J connectivity index is 1.78. The maximum atomic E-state index is 13.6. The van der Waals surface area contributed by atoms with Crippen LogP contribution < -0.4 is 0 Å². The molecule has 0 fully saturated rings. The fourth-order valence-electron chi connectivity index (χ4n) is 5.07. The van der Waals surface area contributed by atoms with Gasteiger partial charge in [0, 0.05) is 49.1 Å². The average Bonchev–Trinajstić information content (AvgIpc) is 3.21. The summed E-state index contributed by atoms with van der Waals surface area (Å²) in [5.41, 5.74) is 7.44. The van der Waals surface area contributed by atoms with Crippen LogP contribution >= 0.6 is 0 Å². The Morgan fingerprint density at radius 1 is 0.857 bits per heavy atom. The number of aryl methyl sites for hydroxylation is 2. The van der Waals surface area contributed by atoms with E-state index in [2.05, 4.69) is 111 Å². The number of para-hydroxylation sites is 1. The van der Waals surface area contributed by atoms with Crippen LogP contribution in [0.4, 0.5) is 0 Å². The molecule has 3 nitrogen and oxygen atoms in total. The minimum Gasteiger partial charge on any atom is -0.343 e. The molecule has 1 heterocycles. The summed E-state index contributed by atoms with van der Waals surface area (Å²) in [5, 5.41) is 1.23. The van der Waals surface area contributed by atoms with E-state index in [0.29, 0.717) is 6.42 Å². The highest BCUT2D eigenvalue weighted by Gasteiger charge is 2.25. The molecule has 3 aromatic carbocycles. The lowest BCUT2D eigenvalue weighted by Gasteiger charge is -2.25. The SMILES string of the molecule is CCCN(CCC)C(=O)C[C@@H](c1cccc(C)c1)c1cn(Cc2ccc(C)cc2)c2ccccc12. The quantitative estimate of drug-likeness (QED) is 0.238. The first kappa shape index (κ1) is 24.8.